The third kappa shape index (κ3) is 4.44. The van der Waals surface area contributed by atoms with E-state index < -0.39 is 16.0 Å². The molecular weight excluding hydrogens is 429 g/mol. The molecule has 0 aliphatic heterocycles. The van der Waals surface area contributed by atoms with Crippen molar-refractivity contribution in [2.24, 2.45) is 0 Å². The van der Waals surface area contributed by atoms with E-state index >= 15 is 0 Å². The van der Waals surface area contributed by atoms with Crippen LogP contribution in [-0.2, 0) is 14.8 Å². The summed E-state index contributed by atoms with van der Waals surface area (Å²) in [5, 5.41) is 8.80. The fraction of sp³-hybridized carbons (Fsp3) is 0.188. The first-order chi connectivity index (χ1) is 10.9. The van der Waals surface area contributed by atoms with Crippen LogP contribution in [0.3, 0.4) is 0 Å². The standard InChI is InChI=1S/C16H16INO4S/c17-14-9-4-5-10-15(14)18(12-6-11-16(19)20)23(21,22)13-7-2-1-3-8-13/h1-5,7-10H,6,11-12H2,(H,19,20). The van der Waals surface area contributed by atoms with Crippen LogP contribution in [0.15, 0.2) is 59.5 Å². The molecule has 0 heterocycles. The van der Waals surface area contributed by atoms with E-state index in [1.807, 2.05) is 12.1 Å². The average Bonchev–Trinajstić information content (AvgIpc) is 2.53. The van der Waals surface area contributed by atoms with Crippen LogP contribution in [0.25, 0.3) is 0 Å². The second-order valence-corrected chi connectivity index (χ2v) is 7.86. The lowest BCUT2D eigenvalue weighted by Crippen LogP contribution is -2.33. The largest absolute Gasteiger partial charge is 0.481 e. The summed E-state index contributed by atoms with van der Waals surface area (Å²) in [4.78, 5) is 10.9. The van der Waals surface area contributed by atoms with Gasteiger partial charge in [-0.05, 0) is 53.3 Å². The molecule has 1 N–H and O–H groups in total. The smallest absolute Gasteiger partial charge is 0.303 e. The summed E-state index contributed by atoms with van der Waals surface area (Å²) < 4.78 is 27.9. The number of benzene rings is 2. The second-order valence-electron chi connectivity index (χ2n) is 4.84. The lowest BCUT2D eigenvalue weighted by molar-refractivity contribution is -0.137. The van der Waals surface area contributed by atoms with Crippen molar-refractivity contribution in [1.29, 1.82) is 0 Å². The van der Waals surface area contributed by atoms with Gasteiger partial charge in [0.05, 0.1) is 10.6 Å². The fourth-order valence-electron chi connectivity index (χ4n) is 2.12. The summed E-state index contributed by atoms with van der Waals surface area (Å²) in [5.74, 6) is -0.940. The van der Waals surface area contributed by atoms with Crippen LogP contribution in [0.4, 0.5) is 5.69 Å². The van der Waals surface area contributed by atoms with Gasteiger partial charge in [-0.3, -0.25) is 9.10 Å². The number of aliphatic carboxylic acids is 1. The van der Waals surface area contributed by atoms with Crippen molar-refractivity contribution in [3.05, 3.63) is 58.2 Å². The summed E-state index contributed by atoms with van der Waals surface area (Å²) in [7, 11) is -3.74. The first-order valence-corrected chi connectivity index (χ1v) is 9.49. The van der Waals surface area contributed by atoms with Gasteiger partial charge in [0.1, 0.15) is 0 Å². The van der Waals surface area contributed by atoms with Crippen molar-refractivity contribution < 1.29 is 18.3 Å². The highest BCUT2D eigenvalue weighted by Gasteiger charge is 2.25. The predicted octanol–water partition coefficient (Wildman–Crippen LogP) is 3.35. The van der Waals surface area contributed by atoms with Crippen LogP contribution in [0.5, 0.6) is 0 Å². The normalized spacial score (nSPS) is 11.2. The molecule has 0 spiro atoms. The Morgan fingerprint density at radius 3 is 2.26 bits per heavy atom. The zero-order chi connectivity index (χ0) is 16.9. The molecule has 5 nitrogen and oxygen atoms in total. The van der Waals surface area contributed by atoms with Crippen LogP contribution in [0.1, 0.15) is 12.8 Å². The van der Waals surface area contributed by atoms with Gasteiger partial charge in [0.15, 0.2) is 0 Å². The molecule has 0 saturated carbocycles. The maximum atomic E-state index is 12.9. The van der Waals surface area contributed by atoms with Gasteiger partial charge in [-0.1, -0.05) is 30.3 Å². The number of hydrogen-bond donors (Lipinski definition) is 1. The number of hydrogen-bond acceptors (Lipinski definition) is 3. The molecule has 0 bridgehead atoms. The summed E-state index contributed by atoms with van der Waals surface area (Å²) >= 11 is 2.08. The molecular formula is C16H16INO4S. The van der Waals surface area contributed by atoms with Gasteiger partial charge in [-0.2, -0.15) is 0 Å². The molecule has 0 atom stereocenters. The topological polar surface area (TPSA) is 74.7 Å². The summed E-state index contributed by atoms with van der Waals surface area (Å²) in [5.41, 5.74) is 0.558. The van der Waals surface area contributed by atoms with Crippen LogP contribution < -0.4 is 4.31 Å². The van der Waals surface area contributed by atoms with Gasteiger partial charge in [0.25, 0.3) is 10.0 Å². The molecule has 0 aromatic heterocycles. The number of carboxylic acids is 1. The van der Waals surface area contributed by atoms with E-state index in [9.17, 15) is 13.2 Å². The predicted molar refractivity (Wildman–Crippen MR) is 97.0 cm³/mol. The minimum absolute atomic E-state index is 0.0791. The first-order valence-electron chi connectivity index (χ1n) is 6.97. The van der Waals surface area contributed by atoms with E-state index in [1.54, 1.807) is 30.3 Å². The maximum absolute atomic E-state index is 12.9. The summed E-state index contributed by atoms with van der Waals surface area (Å²) in [6.07, 6.45) is 0.163. The molecule has 0 unspecified atom stereocenters. The zero-order valence-corrected chi connectivity index (χ0v) is 15.2. The van der Waals surface area contributed by atoms with Crippen LogP contribution in [0.2, 0.25) is 0 Å². The Labute approximate surface area is 149 Å². The molecule has 0 aliphatic rings. The molecule has 0 aliphatic carbocycles. The molecule has 2 aromatic rings. The number of rotatable bonds is 7. The number of carboxylic acid groups (broad SMARTS) is 1. The van der Waals surface area contributed by atoms with E-state index in [-0.39, 0.29) is 24.3 Å². The zero-order valence-electron chi connectivity index (χ0n) is 12.2. The molecule has 2 aromatic carbocycles. The highest BCUT2D eigenvalue weighted by molar-refractivity contribution is 14.1. The molecule has 0 saturated heterocycles. The minimum Gasteiger partial charge on any atom is -0.481 e. The Kier molecular flexibility index (Phi) is 6.00. The van der Waals surface area contributed by atoms with Crippen molar-refractivity contribution >= 4 is 44.3 Å². The van der Waals surface area contributed by atoms with Gasteiger partial charge in [-0.25, -0.2) is 8.42 Å². The Morgan fingerprint density at radius 1 is 1.04 bits per heavy atom. The number of para-hydroxylation sites is 1. The third-order valence-corrected chi connectivity index (χ3v) is 5.94. The molecule has 0 amide bonds. The molecule has 0 radical (unpaired) electrons. The Morgan fingerprint density at radius 2 is 1.65 bits per heavy atom. The molecule has 7 heteroatoms. The van der Waals surface area contributed by atoms with Gasteiger partial charge < -0.3 is 5.11 Å². The van der Waals surface area contributed by atoms with Gasteiger partial charge in [-0.15, -0.1) is 0 Å². The summed E-state index contributed by atoms with van der Waals surface area (Å²) in [6.45, 7) is 0.115. The molecule has 23 heavy (non-hydrogen) atoms. The Balaban J connectivity index is 2.41. The number of sulfonamides is 1. The van der Waals surface area contributed by atoms with E-state index in [0.717, 1.165) is 3.57 Å². The molecule has 122 valence electrons. The monoisotopic (exact) mass is 445 g/mol. The molecule has 0 fully saturated rings. The third-order valence-electron chi connectivity index (χ3n) is 3.20. The van der Waals surface area contributed by atoms with Crippen LogP contribution in [0, 0.1) is 3.57 Å². The number of anilines is 1. The van der Waals surface area contributed by atoms with E-state index in [1.165, 1.54) is 16.4 Å². The van der Waals surface area contributed by atoms with Crippen molar-refractivity contribution in [2.75, 3.05) is 10.8 Å². The van der Waals surface area contributed by atoms with Gasteiger partial charge >= 0.3 is 5.97 Å². The van der Waals surface area contributed by atoms with Gasteiger partial charge in [0, 0.05) is 16.5 Å². The van der Waals surface area contributed by atoms with Crippen molar-refractivity contribution in [1.82, 2.24) is 0 Å². The van der Waals surface area contributed by atoms with Crippen LogP contribution in [-0.4, -0.2) is 26.0 Å². The SMILES string of the molecule is O=C(O)CCCN(c1ccccc1I)S(=O)(=O)c1ccccc1. The lowest BCUT2D eigenvalue weighted by atomic mass is 10.3. The highest BCUT2D eigenvalue weighted by Crippen LogP contribution is 2.28. The second kappa shape index (κ2) is 7.78. The van der Waals surface area contributed by atoms with Crippen LogP contribution >= 0.6 is 22.6 Å². The van der Waals surface area contributed by atoms with E-state index in [0.29, 0.717) is 5.69 Å². The van der Waals surface area contributed by atoms with Crippen molar-refractivity contribution in [3.63, 3.8) is 0 Å². The lowest BCUT2D eigenvalue weighted by Gasteiger charge is -2.25. The number of carbonyl (C=O) groups is 1. The number of halogens is 1. The maximum Gasteiger partial charge on any atom is 0.303 e. The minimum atomic E-state index is -3.74. The van der Waals surface area contributed by atoms with Crippen molar-refractivity contribution in [2.45, 2.75) is 17.7 Å². The van der Waals surface area contributed by atoms with Crippen molar-refractivity contribution in [3.8, 4) is 0 Å². The number of nitrogens with zero attached hydrogens (tertiary/aromatic N) is 1. The van der Waals surface area contributed by atoms with E-state index in [4.69, 9.17) is 5.11 Å². The van der Waals surface area contributed by atoms with Gasteiger partial charge in [0.2, 0.25) is 0 Å². The average molecular weight is 445 g/mol. The molecule has 2 rings (SSSR count). The first kappa shape index (κ1) is 17.7. The van der Waals surface area contributed by atoms with E-state index in [2.05, 4.69) is 22.6 Å². The Hall–Kier alpha value is -1.61. The summed E-state index contributed by atoms with van der Waals surface area (Å²) in [6, 6.07) is 15.3. The Bertz CT molecular complexity index is 778. The quantitative estimate of drug-likeness (QED) is 0.664. The highest BCUT2D eigenvalue weighted by atomic mass is 127. The fourth-order valence-corrected chi connectivity index (χ4v) is 4.50.